The van der Waals surface area contributed by atoms with Gasteiger partial charge in [0.1, 0.15) is 18.6 Å². The van der Waals surface area contributed by atoms with E-state index in [4.69, 9.17) is 4.74 Å². The van der Waals surface area contributed by atoms with Gasteiger partial charge in [-0.15, -0.1) is 0 Å². The van der Waals surface area contributed by atoms with Gasteiger partial charge in [0.15, 0.2) is 0 Å². The van der Waals surface area contributed by atoms with Crippen LogP contribution < -0.4 is 4.74 Å². The van der Waals surface area contributed by atoms with Gasteiger partial charge in [-0.2, -0.15) is 0 Å². The van der Waals surface area contributed by atoms with Crippen LogP contribution in [0.3, 0.4) is 0 Å². The highest BCUT2D eigenvalue weighted by Crippen LogP contribution is 2.13. The van der Waals surface area contributed by atoms with Crippen molar-refractivity contribution in [2.45, 2.75) is 13.5 Å². The van der Waals surface area contributed by atoms with Crippen LogP contribution in [0.4, 0.5) is 0 Å². The van der Waals surface area contributed by atoms with Gasteiger partial charge in [0, 0.05) is 5.56 Å². The van der Waals surface area contributed by atoms with Crippen molar-refractivity contribution in [3.05, 3.63) is 65.2 Å². The Hall–Kier alpha value is -2.09. The van der Waals surface area contributed by atoms with Crippen LogP contribution in [-0.2, 0) is 6.61 Å². The molecule has 86 valence electrons. The smallest absolute Gasteiger partial charge is 0.150 e. The van der Waals surface area contributed by atoms with E-state index in [1.807, 2.05) is 0 Å². The van der Waals surface area contributed by atoms with Crippen LogP contribution in [0, 0.1) is 6.92 Å². The number of rotatable bonds is 4. The van der Waals surface area contributed by atoms with E-state index in [1.165, 1.54) is 5.56 Å². The van der Waals surface area contributed by atoms with Crippen LogP contribution >= 0.6 is 0 Å². The molecule has 0 spiro atoms. The van der Waals surface area contributed by atoms with Crippen molar-refractivity contribution in [3.63, 3.8) is 0 Å². The molecule has 0 radical (unpaired) electrons. The van der Waals surface area contributed by atoms with E-state index in [-0.39, 0.29) is 0 Å². The topological polar surface area (TPSA) is 26.3 Å². The van der Waals surface area contributed by atoms with Crippen molar-refractivity contribution in [2.24, 2.45) is 0 Å². The molecular formula is C15H14O2. The lowest BCUT2D eigenvalue weighted by atomic mass is 10.2. The van der Waals surface area contributed by atoms with Gasteiger partial charge >= 0.3 is 0 Å². The number of aryl methyl sites for hydroxylation is 1. The predicted octanol–water partition coefficient (Wildman–Crippen LogP) is 3.39. The van der Waals surface area contributed by atoms with Crippen molar-refractivity contribution < 1.29 is 9.53 Å². The Balaban J connectivity index is 1.97. The molecule has 0 aliphatic carbocycles. The number of ether oxygens (including phenoxy) is 1. The van der Waals surface area contributed by atoms with Crippen LogP contribution in [0.1, 0.15) is 21.5 Å². The second-order valence-electron chi connectivity index (χ2n) is 3.96. The standard InChI is InChI=1S/C15H14O2/c1-12-2-4-14(5-3-12)11-17-15-8-6-13(10-16)7-9-15/h2-10H,11H2,1H3. The van der Waals surface area contributed by atoms with Gasteiger partial charge in [0.2, 0.25) is 0 Å². The van der Waals surface area contributed by atoms with E-state index in [0.717, 1.165) is 17.6 Å². The fourth-order valence-electron chi connectivity index (χ4n) is 1.49. The number of carbonyl (C=O) groups excluding carboxylic acids is 1. The summed E-state index contributed by atoms with van der Waals surface area (Å²) in [5.41, 5.74) is 3.03. The van der Waals surface area contributed by atoms with E-state index in [2.05, 4.69) is 31.2 Å². The van der Waals surface area contributed by atoms with Gasteiger partial charge in [-0.25, -0.2) is 0 Å². The lowest BCUT2D eigenvalue weighted by Crippen LogP contribution is -1.95. The number of hydrogen-bond donors (Lipinski definition) is 0. The van der Waals surface area contributed by atoms with Crippen LogP contribution in [0.2, 0.25) is 0 Å². The third-order valence-electron chi connectivity index (χ3n) is 2.54. The molecule has 2 heteroatoms. The van der Waals surface area contributed by atoms with Crippen LogP contribution in [0.5, 0.6) is 5.75 Å². The average molecular weight is 226 g/mol. The predicted molar refractivity (Wildman–Crippen MR) is 67.3 cm³/mol. The van der Waals surface area contributed by atoms with Gasteiger partial charge in [0.25, 0.3) is 0 Å². The first kappa shape index (κ1) is 11.4. The minimum atomic E-state index is 0.542. The minimum Gasteiger partial charge on any atom is -0.489 e. The Morgan fingerprint density at radius 3 is 2.24 bits per heavy atom. The Bertz CT molecular complexity index is 483. The van der Waals surface area contributed by atoms with Crippen LogP contribution in [0.25, 0.3) is 0 Å². The summed E-state index contributed by atoms with van der Waals surface area (Å²) in [4.78, 5) is 10.5. The molecule has 0 aromatic heterocycles. The van der Waals surface area contributed by atoms with Crippen LogP contribution in [0.15, 0.2) is 48.5 Å². The third-order valence-corrected chi connectivity index (χ3v) is 2.54. The minimum absolute atomic E-state index is 0.542. The van der Waals surface area contributed by atoms with Gasteiger partial charge in [-0.3, -0.25) is 4.79 Å². The number of hydrogen-bond acceptors (Lipinski definition) is 2. The average Bonchev–Trinajstić information content (AvgIpc) is 2.39. The summed E-state index contributed by atoms with van der Waals surface area (Å²) >= 11 is 0. The Labute approximate surface area is 101 Å². The molecule has 0 heterocycles. The normalized spacial score (nSPS) is 9.94. The molecule has 0 atom stereocenters. The molecule has 0 unspecified atom stereocenters. The Morgan fingerprint density at radius 1 is 1.00 bits per heavy atom. The zero-order chi connectivity index (χ0) is 12.1. The van der Waals surface area contributed by atoms with Crippen molar-refractivity contribution in [1.29, 1.82) is 0 Å². The fourth-order valence-corrected chi connectivity index (χ4v) is 1.49. The lowest BCUT2D eigenvalue weighted by Gasteiger charge is -2.06. The third kappa shape index (κ3) is 3.18. The van der Waals surface area contributed by atoms with Crippen molar-refractivity contribution >= 4 is 6.29 Å². The molecule has 2 nitrogen and oxygen atoms in total. The molecule has 2 aromatic carbocycles. The summed E-state index contributed by atoms with van der Waals surface area (Å²) in [5, 5.41) is 0. The maximum Gasteiger partial charge on any atom is 0.150 e. The zero-order valence-electron chi connectivity index (χ0n) is 9.72. The van der Waals surface area contributed by atoms with Gasteiger partial charge < -0.3 is 4.74 Å². The Kier molecular flexibility index (Phi) is 3.55. The van der Waals surface area contributed by atoms with Crippen molar-refractivity contribution in [2.75, 3.05) is 0 Å². The molecule has 0 fully saturated rings. The molecule has 0 amide bonds. The van der Waals surface area contributed by atoms with Crippen molar-refractivity contribution in [3.8, 4) is 5.75 Å². The zero-order valence-corrected chi connectivity index (χ0v) is 9.72. The molecule has 0 N–H and O–H groups in total. The van der Waals surface area contributed by atoms with E-state index in [9.17, 15) is 4.79 Å². The number of carbonyl (C=O) groups is 1. The highest BCUT2D eigenvalue weighted by molar-refractivity contribution is 5.74. The number of aldehydes is 1. The summed E-state index contributed by atoms with van der Waals surface area (Å²) in [7, 11) is 0. The van der Waals surface area contributed by atoms with Crippen LogP contribution in [-0.4, -0.2) is 6.29 Å². The van der Waals surface area contributed by atoms with E-state index >= 15 is 0 Å². The molecule has 0 aliphatic rings. The van der Waals surface area contributed by atoms with Crippen molar-refractivity contribution in [1.82, 2.24) is 0 Å². The number of benzene rings is 2. The molecule has 0 saturated heterocycles. The maximum atomic E-state index is 10.5. The highest BCUT2D eigenvalue weighted by Gasteiger charge is 1.96. The molecule has 2 aromatic rings. The lowest BCUT2D eigenvalue weighted by molar-refractivity contribution is 0.112. The van der Waals surface area contributed by atoms with Gasteiger partial charge in [-0.05, 0) is 36.8 Å². The molecule has 0 aliphatic heterocycles. The van der Waals surface area contributed by atoms with E-state index in [1.54, 1.807) is 24.3 Å². The largest absolute Gasteiger partial charge is 0.489 e. The SMILES string of the molecule is Cc1ccc(COc2ccc(C=O)cc2)cc1. The molecule has 2 rings (SSSR count). The molecule has 0 saturated carbocycles. The Morgan fingerprint density at radius 2 is 1.65 bits per heavy atom. The van der Waals surface area contributed by atoms with E-state index < -0.39 is 0 Å². The molecular weight excluding hydrogens is 212 g/mol. The second kappa shape index (κ2) is 5.30. The fraction of sp³-hybridized carbons (Fsp3) is 0.133. The summed E-state index contributed by atoms with van der Waals surface area (Å²) in [6.45, 7) is 2.60. The van der Waals surface area contributed by atoms with E-state index in [0.29, 0.717) is 12.2 Å². The summed E-state index contributed by atoms with van der Waals surface area (Å²) < 4.78 is 5.62. The highest BCUT2D eigenvalue weighted by atomic mass is 16.5. The molecule has 17 heavy (non-hydrogen) atoms. The quantitative estimate of drug-likeness (QED) is 0.747. The first-order valence-electron chi connectivity index (χ1n) is 5.51. The first-order valence-corrected chi connectivity index (χ1v) is 5.51. The second-order valence-corrected chi connectivity index (χ2v) is 3.96. The summed E-state index contributed by atoms with van der Waals surface area (Å²) in [5.74, 6) is 0.774. The summed E-state index contributed by atoms with van der Waals surface area (Å²) in [6, 6.07) is 15.3. The van der Waals surface area contributed by atoms with Gasteiger partial charge in [-0.1, -0.05) is 29.8 Å². The first-order chi connectivity index (χ1) is 8.28. The van der Waals surface area contributed by atoms with Gasteiger partial charge in [0.05, 0.1) is 0 Å². The maximum absolute atomic E-state index is 10.5. The monoisotopic (exact) mass is 226 g/mol. The molecule has 0 bridgehead atoms. The summed E-state index contributed by atoms with van der Waals surface area (Å²) in [6.07, 6.45) is 0.823.